The number of nitrogens with one attached hydrogen (secondary N) is 1. The molecule has 20 heavy (non-hydrogen) atoms. The van der Waals surface area contributed by atoms with Crippen molar-refractivity contribution >= 4 is 17.5 Å². The van der Waals surface area contributed by atoms with Crippen molar-refractivity contribution in [2.24, 2.45) is 7.05 Å². The third kappa shape index (κ3) is 3.44. The van der Waals surface area contributed by atoms with E-state index in [0.29, 0.717) is 18.5 Å². The highest BCUT2D eigenvalue weighted by Crippen LogP contribution is 2.29. The summed E-state index contributed by atoms with van der Waals surface area (Å²) < 4.78 is 6.08. The average molecular weight is 286 g/mol. The first-order chi connectivity index (χ1) is 9.42. The zero-order valence-corrected chi connectivity index (χ0v) is 11.6. The number of ether oxygens (including phenoxy) is 1. The Kier molecular flexibility index (Phi) is 5.44. The first-order valence-electron chi connectivity index (χ1n) is 6.10. The van der Waals surface area contributed by atoms with Crippen LogP contribution in [0.4, 0.5) is 11.5 Å². The highest BCUT2D eigenvalue weighted by molar-refractivity contribution is 5.78. The van der Waals surface area contributed by atoms with Crippen LogP contribution in [0.1, 0.15) is 19.0 Å². The second kappa shape index (κ2) is 6.85. The molecule has 1 rings (SSSR count). The van der Waals surface area contributed by atoms with Crippen LogP contribution in [-0.4, -0.2) is 45.5 Å². The van der Waals surface area contributed by atoms with E-state index in [1.54, 1.807) is 0 Å². The van der Waals surface area contributed by atoms with Gasteiger partial charge in [-0.05, 0) is 6.42 Å². The molecular weight excluding hydrogens is 268 g/mol. The molecule has 0 spiro atoms. The molecule has 0 aromatic carbocycles. The second-order valence-corrected chi connectivity index (χ2v) is 4.27. The van der Waals surface area contributed by atoms with Crippen LogP contribution in [-0.2, 0) is 23.0 Å². The highest BCUT2D eigenvalue weighted by Gasteiger charge is 2.29. The molecule has 112 valence electrons. The van der Waals surface area contributed by atoms with Crippen molar-refractivity contribution in [3.63, 3.8) is 0 Å². The minimum Gasteiger partial charge on any atom is -0.480 e. The molecule has 1 atom stereocenters. The Morgan fingerprint density at radius 2 is 2.30 bits per heavy atom. The minimum absolute atomic E-state index is 0.0721. The van der Waals surface area contributed by atoms with Crippen LogP contribution in [0.25, 0.3) is 0 Å². The van der Waals surface area contributed by atoms with Gasteiger partial charge in [-0.2, -0.15) is 5.10 Å². The van der Waals surface area contributed by atoms with Crippen molar-refractivity contribution in [2.45, 2.75) is 25.8 Å². The molecule has 0 bridgehead atoms. The molecule has 0 radical (unpaired) electrons. The smallest absolute Gasteiger partial charge is 0.334 e. The molecule has 0 amide bonds. The summed E-state index contributed by atoms with van der Waals surface area (Å²) in [4.78, 5) is 21.7. The second-order valence-electron chi connectivity index (χ2n) is 4.27. The molecule has 0 saturated heterocycles. The number of carboxylic acid groups (broad SMARTS) is 1. The zero-order chi connectivity index (χ0) is 15.3. The first-order valence-corrected chi connectivity index (χ1v) is 6.10. The van der Waals surface area contributed by atoms with Crippen LogP contribution in [0.3, 0.4) is 0 Å². The largest absolute Gasteiger partial charge is 0.480 e. The van der Waals surface area contributed by atoms with E-state index in [9.17, 15) is 14.9 Å². The van der Waals surface area contributed by atoms with E-state index < -0.39 is 16.9 Å². The SMILES string of the molecule is CCCc1nn(C)c(NC(COC)C(=O)O)c1[N+](=O)[O-]. The Bertz CT molecular complexity index is 499. The Morgan fingerprint density at radius 3 is 2.75 bits per heavy atom. The number of methoxy groups -OCH3 is 1. The highest BCUT2D eigenvalue weighted by atomic mass is 16.6. The number of nitrogens with zero attached hydrogens (tertiary/aromatic N) is 3. The van der Waals surface area contributed by atoms with E-state index in [4.69, 9.17) is 9.84 Å². The van der Waals surface area contributed by atoms with Gasteiger partial charge in [-0.15, -0.1) is 0 Å². The number of aryl methyl sites for hydroxylation is 2. The maximum Gasteiger partial charge on any atom is 0.334 e. The summed E-state index contributed by atoms with van der Waals surface area (Å²) in [5.41, 5.74) is 0.153. The minimum atomic E-state index is -1.15. The number of carboxylic acids is 1. The molecular formula is C11H18N4O5. The topological polar surface area (TPSA) is 120 Å². The quantitative estimate of drug-likeness (QED) is 0.535. The summed E-state index contributed by atoms with van der Waals surface area (Å²) in [7, 11) is 2.89. The summed E-state index contributed by atoms with van der Waals surface area (Å²) in [6.45, 7) is 1.78. The van der Waals surface area contributed by atoms with Crippen LogP contribution < -0.4 is 5.32 Å². The summed E-state index contributed by atoms with van der Waals surface area (Å²) in [6, 6.07) is -1.08. The van der Waals surface area contributed by atoms with Crippen LogP contribution >= 0.6 is 0 Å². The predicted octanol–water partition coefficient (Wildman–Crippen LogP) is 0.792. The molecule has 0 saturated carbocycles. The zero-order valence-electron chi connectivity index (χ0n) is 11.6. The van der Waals surface area contributed by atoms with Crippen molar-refractivity contribution in [3.8, 4) is 0 Å². The van der Waals surface area contributed by atoms with E-state index >= 15 is 0 Å². The van der Waals surface area contributed by atoms with Gasteiger partial charge in [0.1, 0.15) is 11.7 Å². The monoisotopic (exact) mass is 286 g/mol. The Morgan fingerprint density at radius 1 is 1.65 bits per heavy atom. The lowest BCUT2D eigenvalue weighted by Crippen LogP contribution is -2.34. The van der Waals surface area contributed by atoms with Crippen LogP contribution in [0.2, 0.25) is 0 Å². The van der Waals surface area contributed by atoms with Crippen molar-refractivity contribution in [2.75, 3.05) is 19.0 Å². The normalized spacial score (nSPS) is 12.2. The number of aromatic nitrogens is 2. The average Bonchev–Trinajstić information content (AvgIpc) is 2.65. The molecule has 2 N–H and O–H groups in total. The first kappa shape index (κ1) is 15.9. The van der Waals surface area contributed by atoms with Crippen LogP contribution in [0.15, 0.2) is 0 Å². The maximum absolute atomic E-state index is 11.2. The van der Waals surface area contributed by atoms with Gasteiger partial charge < -0.3 is 15.2 Å². The van der Waals surface area contributed by atoms with Gasteiger partial charge >= 0.3 is 11.7 Å². The number of anilines is 1. The number of aliphatic carboxylic acids is 1. The van der Waals surface area contributed by atoms with Crippen molar-refractivity contribution in [1.82, 2.24) is 9.78 Å². The van der Waals surface area contributed by atoms with E-state index in [-0.39, 0.29) is 18.1 Å². The number of nitro groups is 1. The fourth-order valence-corrected chi connectivity index (χ4v) is 1.83. The van der Waals surface area contributed by atoms with Gasteiger partial charge in [-0.1, -0.05) is 13.3 Å². The van der Waals surface area contributed by atoms with E-state index in [2.05, 4.69) is 10.4 Å². The van der Waals surface area contributed by atoms with Gasteiger partial charge in [0, 0.05) is 14.2 Å². The van der Waals surface area contributed by atoms with Crippen LogP contribution in [0.5, 0.6) is 0 Å². The lowest BCUT2D eigenvalue weighted by molar-refractivity contribution is -0.384. The van der Waals surface area contributed by atoms with Gasteiger partial charge in [0.2, 0.25) is 5.82 Å². The van der Waals surface area contributed by atoms with Crippen molar-refractivity contribution in [1.29, 1.82) is 0 Å². The summed E-state index contributed by atoms with van der Waals surface area (Å²) in [6.07, 6.45) is 1.16. The fourth-order valence-electron chi connectivity index (χ4n) is 1.83. The third-order valence-electron chi connectivity index (χ3n) is 2.70. The van der Waals surface area contributed by atoms with Gasteiger partial charge in [0.15, 0.2) is 0 Å². The van der Waals surface area contributed by atoms with Gasteiger partial charge in [-0.25, -0.2) is 9.48 Å². The van der Waals surface area contributed by atoms with Gasteiger partial charge in [0.05, 0.1) is 11.5 Å². The molecule has 0 fully saturated rings. The van der Waals surface area contributed by atoms with Gasteiger partial charge in [-0.3, -0.25) is 10.1 Å². The van der Waals surface area contributed by atoms with Crippen molar-refractivity contribution in [3.05, 3.63) is 15.8 Å². The molecule has 1 aromatic rings. The Hall–Kier alpha value is -2.16. The summed E-state index contributed by atoms with van der Waals surface area (Å²) in [5, 5.41) is 26.9. The van der Waals surface area contributed by atoms with E-state index in [1.165, 1.54) is 18.8 Å². The number of hydrogen-bond donors (Lipinski definition) is 2. The molecule has 0 aliphatic rings. The lowest BCUT2D eigenvalue weighted by atomic mass is 10.2. The number of hydrogen-bond acceptors (Lipinski definition) is 6. The molecule has 1 aromatic heterocycles. The van der Waals surface area contributed by atoms with Crippen LogP contribution in [0, 0.1) is 10.1 Å². The fraction of sp³-hybridized carbons (Fsp3) is 0.636. The number of carbonyl (C=O) groups is 1. The summed E-state index contributed by atoms with van der Waals surface area (Å²) >= 11 is 0. The predicted molar refractivity (Wildman–Crippen MR) is 70.8 cm³/mol. The molecule has 9 nitrogen and oxygen atoms in total. The standard InChI is InChI=1S/C11H18N4O5/c1-4-5-7-9(15(18)19)10(14(2)13-7)12-8(6-20-3)11(16)17/h8,12H,4-6H2,1-3H3,(H,16,17). The number of rotatable bonds is 8. The van der Waals surface area contributed by atoms with E-state index in [1.807, 2.05) is 6.92 Å². The molecule has 0 aliphatic carbocycles. The maximum atomic E-state index is 11.2. The molecule has 1 unspecified atom stereocenters. The molecule has 9 heteroatoms. The summed E-state index contributed by atoms with van der Waals surface area (Å²) in [5.74, 6) is -1.08. The third-order valence-corrected chi connectivity index (χ3v) is 2.70. The molecule has 0 aliphatic heterocycles. The van der Waals surface area contributed by atoms with Crippen molar-refractivity contribution < 1.29 is 19.6 Å². The Balaban J connectivity index is 3.15. The van der Waals surface area contributed by atoms with E-state index in [0.717, 1.165) is 0 Å². The van der Waals surface area contributed by atoms with Gasteiger partial charge in [0.25, 0.3) is 0 Å². The lowest BCUT2D eigenvalue weighted by Gasteiger charge is -2.14. The molecule has 1 heterocycles. The Labute approximate surface area is 115 Å².